The average Bonchev–Trinajstić information content (AvgIpc) is 2.51. The van der Waals surface area contributed by atoms with Gasteiger partial charge in [0, 0.05) is 36.6 Å². The molecule has 0 unspecified atom stereocenters. The number of rotatable bonds is 3. The molecule has 0 bridgehead atoms. The normalized spacial score (nSPS) is 20.9. The average molecular weight is 343 g/mol. The molecular formula is C14H19BrN2O3. The van der Waals surface area contributed by atoms with E-state index in [9.17, 15) is 0 Å². The minimum absolute atomic E-state index is 0.206. The Morgan fingerprint density at radius 3 is 2.60 bits per heavy atom. The Bertz CT molecular complexity index is 446. The molecule has 5 nitrogen and oxygen atoms in total. The second kappa shape index (κ2) is 6.74. The minimum atomic E-state index is 0.206. The van der Waals surface area contributed by atoms with E-state index in [0.29, 0.717) is 0 Å². The summed E-state index contributed by atoms with van der Waals surface area (Å²) >= 11 is 3.49. The van der Waals surface area contributed by atoms with Crippen LogP contribution in [0.4, 0.5) is 5.69 Å². The lowest BCUT2D eigenvalue weighted by atomic mass is 10.1. The van der Waals surface area contributed by atoms with E-state index < -0.39 is 0 Å². The molecule has 6 heteroatoms. The van der Waals surface area contributed by atoms with Crippen LogP contribution in [-0.4, -0.2) is 50.6 Å². The lowest BCUT2D eigenvalue weighted by Crippen LogP contribution is -2.37. The second-order valence-corrected chi connectivity index (χ2v) is 5.92. The third-order valence-corrected chi connectivity index (χ3v) is 4.03. The van der Waals surface area contributed by atoms with Gasteiger partial charge in [-0.1, -0.05) is 0 Å². The van der Waals surface area contributed by atoms with Crippen LogP contribution < -0.4 is 9.64 Å². The summed E-state index contributed by atoms with van der Waals surface area (Å²) in [6.07, 6.45) is 3.86. The molecule has 0 aliphatic carbocycles. The van der Waals surface area contributed by atoms with Crippen LogP contribution in [0.5, 0.6) is 5.88 Å². The molecule has 20 heavy (non-hydrogen) atoms. The van der Waals surface area contributed by atoms with Gasteiger partial charge in [-0.25, -0.2) is 4.98 Å². The van der Waals surface area contributed by atoms with E-state index in [2.05, 4.69) is 31.9 Å². The van der Waals surface area contributed by atoms with E-state index in [1.54, 1.807) is 6.20 Å². The molecule has 110 valence electrons. The van der Waals surface area contributed by atoms with E-state index >= 15 is 0 Å². The summed E-state index contributed by atoms with van der Waals surface area (Å²) in [5, 5.41) is 0. The van der Waals surface area contributed by atoms with E-state index in [-0.39, 0.29) is 6.10 Å². The zero-order chi connectivity index (χ0) is 13.8. The standard InChI is InChI=1S/C14H19BrN2O3/c15-11-9-13(17-3-7-19-8-4-17)14(16-10-11)20-12-1-5-18-6-2-12/h9-10,12H,1-8H2. The van der Waals surface area contributed by atoms with Gasteiger partial charge in [-0.3, -0.25) is 0 Å². The second-order valence-electron chi connectivity index (χ2n) is 5.01. The first-order chi connectivity index (χ1) is 9.83. The van der Waals surface area contributed by atoms with Gasteiger partial charge in [-0.15, -0.1) is 0 Å². The molecule has 0 radical (unpaired) electrons. The predicted octanol–water partition coefficient (Wildman–Crippen LogP) is 2.24. The lowest BCUT2D eigenvalue weighted by Gasteiger charge is -2.31. The monoisotopic (exact) mass is 342 g/mol. The maximum absolute atomic E-state index is 6.10. The summed E-state index contributed by atoms with van der Waals surface area (Å²) in [5.74, 6) is 0.724. The van der Waals surface area contributed by atoms with E-state index in [1.165, 1.54) is 0 Å². The van der Waals surface area contributed by atoms with Crippen molar-refractivity contribution in [3.63, 3.8) is 0 Å². The molecule has 2 aliphatic heterocycles. The van der Waals surface area contributed by atoms with Crippen LogP contribution in [0, 0.1) is 0 Å². The van der Waals surface area contributed by atoms with Crippen LogP contribution in [0.15, 0.2) is 16.7 Å². The molecule has 1 aromatic rings. The molecule has 0 spiro atoms. The Kier molecular flexibility index (Phi) is 4.75. The van der Waals surface area contributed by atoms with Gasteiger partial charge < -0.3 is 19.1 Å². The van der Waals surface area contributed by atoms with Gasteiger partial charge in [0.15, 0.2) is 0 Å². The number of anilines is 1. The molecule has 0 N–H and O–H groups in total. The van der Waals surface area contributed by atoms with Crippen molar-refractivity contribution in [1.29, 1.82) is 0 Å². The van der Waals surface area contributed by atoms with E-state index in [0.717, 1.165) is 68.4 Å². The van der Waals surface area contributed by atoms with Crippen molar-refractivity contribution in [1.82, 2.24) is 4.98 Å². The molecular weight excluding hydrogens is 324 g/mol. The van der Waals surface area contributed by atoms with Crippen LogP contribution in [0.25, 0.3) is 0 Å². The zero-order valence-corrected chi connectivity index (χ0v) is 13.0. The summed E-state index contributed by atoms with van der Waals surface area (Å²) < 4.78 is 17.8. The molecule has 0 saturated carbocycles. The van der Waals surface area contributed by atoms with Crippen molar-refractivity contribution >= 4 is 21.6 Å². The van der Waals surface area contributed by atoms with Crippen molar-refractivity contribution in [2.45, 2.75) is 18.9 Å². The van der Waals surface area contributed by atoms with Crippen molar-refractivity contribution in [2.24, 2.45) is 0 Å². The molecule has 2 aliphatic rings. The minimum Gasteiger partial charge on any atom is -0.473 e. The Morgan fingerprint density at radius 2 is 1.85 bits per heavy atom. The number of nitrogens with zero attached hydrogens (tertiary/aromatic N) is 2. The number of morpholine rings is 1. The largest absolute Gasteiger partial charge is 0.473 e. The van der Waals surface area contributed by atoms with Crippen molar-refractivity contribution in [2.75, 3.05) is 44.4 Å². The van der Waals surface area contributed by atoms with Crippen LogP contribution in [0.1, 0.15) is 12.8 Å². The molecule has 3 heterocycles. The quantitative estimate of drug-likeness (QED) is 0.842. The Morgan fingerprint density at radius 1 is 1.15 bits per heavy atom. The van der Waals surface area contributed by atoms with E-state index in [4.69, 9.17) is 14.2 Å². The third kappa shape index (κ3) is 3.42. The first-order valence-electron chi connectivity index (χ1n) is 7.05. The van der Waals surface area contributed by atoms with Crippen LogP contribution in [0.3, 0.4) is 0 Å². The smallest absolute Gasteiger partial charge is 0.237 e. The van der Waals surface area contributed by atoms with Gasteiger partial charge in [0.2, 0.25) is 5.88 Å². The molecule has 0 amide bonds. The Hall–Kier alpha value is -0.850. The summed E-state index contributed by atoms with van der Waals surface area (Å²) in [6.45, 7) is 4.80. The van der Waals surface area contributed by atoms with Crippen LogP contribution in [0.2, 0.25) is 0 Å². The highest BCUT2D eigenvalue weighted by Gasteiger charge is 2.21. The molecule has 3 rings (SSSR count). The van der Waals surface area contributed by atoms with Crippen LogP contribution >= 0.6 is 15.9 Å². The van der Waals surface area contributed by atoms with Crippen molar-refractivity contribution in [3.05, 3.63) is 16.7 Å². The highest BCUT2D eigenvalue weighted by molar-refractivity contribution is 9.10. The Labute approximate surface area is 127 Å². The highest BCUT2D eigenvalue weighted by Crippen LogP contribution is 2.31. The van der Waals surface area contributed by atoms with Gasteiger partial charge >= 0.3 is 0 Å². The number of halogens is 1. The third-order valence-electron chi connectivity index (χ3n) is 3.60. The number of hydrogen-bond acceptors (Lipinski definition) is 5. The van der Waals surface area contributed by atoms with Gasteiger partial charge in [0.25, 0.3) is 0 Å². The van der Waals surface area contributed by atoms with Gasteiger partial charge in [0.05, 0.1) is 26.4 Å². The summed E-state index contributed by atoms with van der Waals surface area (Å²) in [6, 6.07) is 2.08. The summed E-state index contributed by atoms with van der Waals surface area (Å²) in [5.41, 5.74) is 1.05. The fourth-order valence-electron chi connectivity index (χ4n) is 2.49. The Balaban J connectivity index is 1.77. The highest BCUT2D eigenvalue weighted by atomic mass is 79.9. The van der Waals surface area contributed by atoms with Gasteiger partial charge in [-0.2, -0.15) is 0 Å². The molecule has 1 aromatic heterocycles. The molecule has 0 aromatic carbocycles. The fraction of sp³-hybridized carbons (Fsp3) is 0.643. The molecule has 0 atom stereocenters. The first kappa shape index (κ1) is 14.1. The summed E-state index contributed by atoms with van der Waals surface area (Å²) in [4.78, 5) is 6.73. The van der Waals surface area contributed by atoms with Crippen LogP contribution in [-0.2, 0) is 9.47 Å². The first-order valence-corrected chi connectivity index (χ1v) is 7.85. The maximum Gasteiger partial charge on any atom is 0.237 e. The lowest BCUT2D eigenvalue weighted by molar-refractivity contribution is 0.0238. The number of pyridine rings is 1. The number of ether oxygens (including phenoxy) is 3. The van der Waals surface area contributed by atoms with E-state index in [1.807, 2.05) is 0 Å². The van der Waals surface area contributed by atoms with Crippen molar-refractivity contribution in [3.8, 4) is 5.88 Å². The topological polar surface area (TPSA) is 43.8 Å². The number of hydrogen-bond donors (Lipinski definition) is 0. The maximum atomic E-state index is 6.10. The summed E-state index contributed by atoms with van der Waals surface area (Å²) in [7, 11) is 0. The van der Waals surface area contributed by atoms with Gasteiger partial charge in [-0.05, 0) is 22.0 Å². The SMILES string of the molecule is Brc1cnc(OC2CCOCC2)c(N2CCOCC2)c1. The molecule has 2 fully saturated rings. The number of aromatic nitrogens is 1. The van der Waals surface area contributed by atoms with Gasteiger partial charge in [0.1, 0.15) is 11.8 Å². The van der Waals surface area contributed by atoms with Crippen molar-refractivity contribution < 1.29 is 14.2 Å². The predicted molar refractivity (Wildman–Crippen MR) is 79.4 cm³/mol. The molecule has 2 saturated heterocycles. The fourth-order valence-corrected chi connectivity index (χ4v) is 2.81. The zero-order valence-electron chi connectivity index (χ0n) is 11.4.